The summed E-state index contributed by atoms with van der Waals surface area (Å²) in [7, 11) is 0. The van der Waals surface area contributed by atoms with Crippen LogP contribution < -0.4 is 20.2 Å². The minimum atomic E-state index is -0.376. The molecule has 0 aliphatic carbocycles. The van der Waals surface area contributed by atoms with Gasteiger partial charge < -0.3 is 14.8 Å². The molecule has 0 atom stereocenters. The maximum Gasteiger partial charge on any atom is 0.191 e. The summed E-state index contributed by atoms with van der Waals surface area (Å²) in [5.74, 6) is 1.56. The minimum absolute atomic E-state index is 0.376. The quantitative estimate of drug-likeness (QED) is 0.330. The van der Waals surface area contributed by atoms with Crippen molar-refractivity contribution in [2.75, 3.05) is 5.32 Å². The number of rotatable bonds is 5. The number of anilines is 1. The number of benzene rings is 3. The van der Waals surface area contributed by atoms with Crippen molar-refractivity contribution in [1.29, 1.82) is 0 Å². The Morgan fingerprint density at radius 2 is 1.82 bits per heavy atom. The van der Waals surface area contributed by atoms with E-state index in [1.165, 1.54) is 11.1 Å². The van der Waals surface area contributed by atoms with Crippen molar-refractivity contribution >= 4 is 28.7 Å². The molecule has 0 unspecified atom stereocenters. The standard InChI is InChI=1S/C28H31N3O2S/c1-18-10-11-20(3)24(14-18)29-27(34)31-30-25-16-28(4,5)33-26-13-12-22(15-23(25)26)32-17-21-9-7-6-8-19(21)2/h6-15H,16-17H2,1-5H3,(H2,29,31,34)/b30-25-. The summed E-state index contributed by atoms with van der Waals surface area (Å²) in [4.78, 5) is 0. The lowest BCUT2D eigenvalue weighted by Gasteiger charge is -2.33. The Labute approximate surface area is 207 Å². The van der Waals surface area contributed by atoms with Crippen molar-refractivity contribution < 1.29 is 9.47 Å². The largest absolute Gasteiger partial charge is 0.489 e. The highest BCUT2D eigenvalue weighted by Crippen LogP contribution is 2.35. The van der Waals surface area contributed by atoms with Gasteiger partial charge in [0.05, 0.1) is 5.71 Å². The number of ether oxygens (including phenoxy) is 2. The van der Waals surface area contributed by atoms with Crippen molar-refractivity contribution in [2.24, 2.45) is 5.10 Å². The van der Waals surface area contributed by atoms with Gasteiger partial charge in [0, 0.05) is 17.7 Å². The minimum Gasteiger partial charge on any atom is -0.489 e. The fourth-order valence-electron chi connectivity index (χ4n) is 3.92. The van der Waals surface area contributed by atoms with Crippen LogP contribution in [-0.4, -0.2) is 16.4 Å². The molecule has 3 aromatic rings. The highest BCUT2D eigenvalue weighted by atomic mass is 32.1. The molecule has 0 spiro atoms. The van der Waals surface area contributed by atoms with E-state index in [1.54, 1.807) is 0 Å². The third-order valence-corrected chi connectivity index (χ3v) is 6.02. The first kappa shape index (κ1) is 23.8. The van der Waals surface area contributed by atoms with Crippen LogP contribution in [0.25, 0.3) is 0 Å². The van der Waals surface area contributed by atoms with Gasteiger partial charge in [-0.3, -0.25) is 5.43 Å². The maximum atomic E-state index is 6.21. The highest BCUT2D eigenvalue weighted by Gasteiger charge is 2.31. The topological polar surface area (TPSA) is 54.9 Å². The molecule has 0 bridgehead atoms. The van der Waals surface area contributed by atoms with Crippen molar-refractivity contribution in [1.82, 2.24) is 5.43 Å². The number of nitrogens with zero attached hydrogens (tertiary/aromatic N) is 1. The fraction of sp³-hybridized carbons (Fsp3) is 0.286. The van der Waals surface area contributed by atoms with Gasteiger partial charge in [0.1, 0.15) is 23.7 Å². The number of hydrogen-bond donors (Lipinski definition) is 2. The van der Waals surface area contributed by atoms with Crippen LogP contribution in [0.15, 0.2) is 65.8 Å². The number of aryl methyl sites for hydroxylation is 3. The second kappa shape index (κ2) is 9.85. The summed E-state index contributed by atoms with van der Waals surface area (Å²) in [6.07, 6.45) is 0.639. The normalized spacial score (nSPS) is 15.3. The van der Waals surface area contributed by atoms with Crippen molar-refractivity contribution in [3.05, 3.63) is 88.5 Å². The van der Waals surface area contributed by atoms with E-state index in [1.807, 2.05) is 37.3 Å². The predicted octanol–water partition coefficient (Wildman–Crippen LogP) is 6.44. The van der Waals surface area contributed by atoms with Gasteiger partial charge in [-0.1, -0.05) is 36.4 Å². The molecule has 0 fully saturated rings. The van der Waals surface area contributed by atoms with Crippen molar-refractivity contribution in [3.8, 4) is 11.5 Å². The first-order valence-electron chi connectivity index (χ1n) is 11.4. The van der Waals surface area contributed by atoms with E-state index in [4.69, 9.17) is 21.7 Å². The number of hydrazone groups is 1. The number of nitrogens with one attached hydrogen (secondary N) is 2. The first-order chi connectivity index (χ1) is 16.2. The Balaban J connectivity index is 1.53. The van der Waals surface area contributed by atoms with Crippen LogP contribution in [0.1, 0.15) is 48.1 Å². The average molecular weight is 474 g/mol. The Hall–Kier alpha value is -3.38. The molecule has 176 valence electrons. The second-order valence-electron chi connectivity index (χ2n) is 9.35. The smallest absolute Gasteiger partial charge is 0.191 e. The third-order valence-electron chi connectivity index (χ3n) is 5.83. The van der Waals surface area contributed by atoms with Crippen LogP contribution >= 0.6 is 12.2 Å². The molecule has 0 saturated carbocycles. The lowest BCUT2D eigenvalue weighted by Crippen LogP contribution is -2.37. The molecule has 1 aliphatic rings. The van der Waals surface area contributed by atoms with Crippen molar-refractivity contribution in [3.63, 3.8) is 0 Å². The van der Waals surface area contributed by atoms with E-state index in [0.29, 0.717) is 18.1 Å². The van der Waals surface area contributed by atoms with Gasteiger partial charge in [-0.25, -0.2) is 0 Å². The third kappa shape index (κ3) is 5.75. The van der Waals surface area contributed by atoms with E-state index < -0.39 is 0 Å². The Morgan fingerprint density at radius 3 is 2.62 bits per heavy atom. The highest BCUT2D eigenvalue weighted by molar-refractivity contribution is 7.80. The zero-order valence-corrected chi connectivity index (χ0v) is 21.2. The predicted molar refractivity (Wildman–Crippen MR) is 143 cm³/mol. The lowest BCUT2D eigenvalue weighted by molar-refractivity contribution is 0.111. The van der Waals surface area contributed by atoms with Crippen LogP contribution in [0.2, 0.25) is 0 Å². The van der Waals surface area contributed by atoms with Crippen LogP contribution in [-0.2, 0) is 6.61 Å². The van der Waals surface area contributed by atoms with Gasteiger partial charge in [0.2, 0.25) is 0 Å². The summed E-state index contributed by atoms with van der Waals surface area (Å²) in [5.41, 5.74) is 10.1. The Bertz CT molecular complexity index is 1250. The van der Waals surface area contributed by atoms with Crippen LogP contribution in [0.3, 0.4) is 0 Å². The van der Waals surface area contributed by atoms with Crippen LogP contribution in [0.4, 0.5) is 5.69 Å². The number of fused-ring (bicyclic) bond motifs is 1. The summed E-state index contributed by atoms with van der Waals surface area (Å²) in [6, 6.07) is 20.3. The molecule has 5 nitrogen and oxygen atoms in total. The first-order valence-corrected chi connectivity index (χ1v) is 11.8. The molecule has 4 rings (SSSR count). The van der Waals surface area contributed by atoms with Gasteiger partial charge in [-0.2, -0.15) is 5.10 Å². The van der Waals surface area contributed by atoms with Gasteiger partial charge in [-0.05, 0) is 93.4 Å². The fourth-order valence-corrected chi connectivity index (χ4v) is 4.07. The average Bonchev–Trinajstić information content (AvgIpc) is 2.79. The summed E-state index contributed by atoms with van der Waals surface area (Å²) >= 11 is 5.51. The molecule has 2 N–H and O–H groups in total. The lowest BCUT2D eigenvalue weighted by atomic mass is 9.92. The SMILES string of the molecule is Cc1ccc(C)c(NC(=S)N/N=C2/CC(C)(C)Oc3ccc(OCc4ccccc4C)cc32)c1. The molecular formula is C28H31N3O2S. The Morgan fingerprint density at radius 1 is 1.03 bits per heavy atom. The van der Waals surface area contributed by atoms with Gasteiger partial charge in [0.15, 0.2) is 5.11 Å². The molecule has 0 amide bonds. The summed E-state index contributed by atoms with van der Waals surface area (Å²) in [6.45, 7) is 10.8. The molecule has 1 aliphatic heterocycles. The maximum absolute atomic E-state index is 6.21. The second-order valence-corrected chi connectivity index (χ2v) is 9.76. The molecule has 1 heterocycles. The summed E-state index contributed by atoms with van der Waals surface area (Å²) in [5, 5.41) is 8.36. The molecule has 3 aromatic carbocycles. The molecule has 0 aromatic heterocycles. The molecule has 0 saturated heterocycles. The van der Waals surface area contributed by atoms with E-state index in [2.05, 4.69) is 73.9 Å². The van der Waals surface area contributed by atoms with Gasteiger partial charge in [-0.15, -0.1) is 0 Å². The van der Waals surface area contributed by atoms with Gasteiger partial charge >= 0.3 is 0 Å². The zero-order chi connectivity index (χ0) is 24.3. The molecule has 6 heteroatoms. The Kier molecular flexibility index (Phi) is 6.89. The van der Waals surface area contributed by atoms with Gasteiger partial charge in [0.25, 0.3) is 0 Å². The monoisotopic (exact) mass is 473 g/mol. The van der Waals surface area contributed by atoms with Crippen molar-refractivity contribution in [2.45, 2.75) is 53.2 Å². The number of thiocarbonyl (C=S) groups is 1. The van der Waals surface area contributed by atoms with Crippen LogP contribution in [0.5, 0.6) is 11.5 Å². The van der Waals surface area contributed by atoms with E-state index in [-0.39, 0.29) is 5.60 Å². The van der Waals surface area contributed by atoms with E-state index >= 15 is 0 Å². The number of hydrogen-bond acceptors (Lipinski definition) is 4. The van der Waals surface area contributed by atoms with Crippen LogP contribution in [0, 0.1) is 20.8 Å². The molecule has 0 radical (unpaired) electrons. The summed E-state index contributed by atoms with van der Waals surface area (Å²) < 4.78 is 12.3. The van der Waals surface area contributed by atoms with E-state index in [9.17, 15) is 0 Å². The molecule has 34 heavy (non-hydrogen) atoms. The van der Waals surface area contributed by atoms with E-state index in [0.717, 1.165) is 39.6 Å². The zero-order valence-electron chi connectivity index (χ0n) is 20.4. The molecular weight excluding hydrogens is 442 g/mol.